The van der Waals surface area contributed by atoms with E-state index < -0.39 is 16.9 Å². The SMILES string of the molecule is O=C(O)C(Nc1ccc([N+](=O)[O-])cn1)c1ccccc1. The lowest BCUT2D eigenvalue weighted by molar-refractivity contribution is -0.385. The number of nitrogens with zero attached hydrogens (tertiary/aromatic N) is 2. The molecule has 20 heavy (non-hydrogen) atoms. The monoisotopic (exact) mass is 273 g/mol. The summed E-state index contributed by atoms with van der Waals surface area (Å²) in [7, 11) is 0. The number of benzene rings is 1. The van der Waals surface area contributed by atoms with Crippen LogP contribution < -0.4 is 5.32 Å². The zero-order valence-electron chi connectivity index (χ0n) is 10.3. The second kappa shape index (κ2) is 5.79. The first-order valence-corrected chi connectivity index (χ1v) is 5.72. The number of carboxylic acids is 1. The molecule has 0 amide bonds. The zero-order chi connectivity index (χ0) is 14.5. The molecule has 0 spiro atoms. The summed E-state index contributed by atoms with van der Waals surface area (Å²) in [6.45, 7) is 0. The third-order valence-corrected chi connectivity index (χ3v) is 2.63. The number of pyridine rings is 1. The molecule has 7 nitrogen and oxygen atoms in total. The first kappa shape index (κ1) is 13.5. The van der Waals surface area contributed by atoms with Gasteiger partial charge in [0.15, 0.2) is 6.04 Å². The van der Waals surface area contributed by atoms with E-state index in [9.17, 15) is 20.0 Å². The Morgan fingerprint density at radius 3 is 2.45 bits per heavy atom. The summed E-state index contributed by atoms with van der Waals surface area (Å²) in [5, 5.41) is 22.5. The Morgan fingerprint density at radius 1 is 1.25 bits per heavy atom. The number of nitro groups is 1. The Hall–Kier alpha value is -2.96. The Morgan fingerprint density at radius 2 is 1.95 bits per heavy atom. The van der Waals surface area contributed by atoms with Gasteiger partial charge < -0.3 is 10.4 Å². The highest BCUT2D eigenvalue weighted by Crippen LogP contribution is 2.19. The molecule has 1 atom stereocenters. The van der Waals surface area contributed by atoms with Gasteiger partial charge in [0.2, 0.25) is 0 Å². The molecule has 2 aromatic rings. The lowest BCUT2D eigenvalue weighted by Gasteiger charge is -2.15. The highest BCUT2D eigenvalue weighted by Gasteiger charge is 2.20. The molecule has 1 heterocycles. The van der Waals surface area contributed by atoms with Crippen molar-refractivity contribution < 1.29 is 14.8 Å². The molecule has 102 valence electrons. The van der Waals surface area contributed by atoms with E-state index in [1.807, 2.05) is 0 Å². The number of rotatable bonds is 5. The molecule has 1 aromatic heterocycles. The van der Waals surface area contributed by atoms with Gasteiger partial charge in [-0.25, -0.2) is 9.78 Å². The lowest BCUT2D eigenvalue weighted by atomic mass is 10.1. The maximum absolute atomic E-state index is 11.3. The van der Waals surface area contributed by atoms with Gasteiger partial charge in [0, 0.05) is 6.07 Å². The van der Waals surface area contributed by atoms with Crippen LogP contribution >= 0.6 is 0 Å². The summed E-state index contributed by atoms with van der Waals surface area (Å²) < 4.78 is 0. The molecule has 1 aromatic carbocycles. The Labute approximate surface area is 114 Å². The summed E-state index contributed by atoms with van der Waals surface area (Å²) in [5.74, 6) is -0.803. The fourth-order valence-electron chi connectivity index (χ4n) is 1.66. The van der Waals surface area contributed by atoms with E-state index in [1.165, 1.54) is 12.1 Å². The minimum atomic E-state index is -1.06. The highest BCUT2D eigenvalue weighted by atomic mass is 16.6. The molecule has 0 saturated carbocycles. The fourth-order valence-corrected chi connectivity index (χ4v) is 1.66. The summed E-state index contributed by atoms with van der Waals surface area (Å²) >= 11 is 0. The number of nitrogens with one attached hydrogen (secondary N) is 1. The Bertz CT molecular complexity index is 613. The van der Waals surface area contributed by atoms with Gasteiger partial charge in [0.25, 0.3) is 5.69 Å². The number of hydrogen-bond donors (Lipinski definition) is 2. The number of carbonyl (C=O) groups is 1. The van der Waals surface area contributed by atoms with Crippen molar-refractivity contribution in [2.75, 3.05) is 5.32 Å². The molecule has 0 aliphatic carbocycles. The number of aliphatic carboxylic acids is 1. The van der Waals surface area contributed by atoms with Crippen LogP contribution in [0.3, 0.4) is 0 Å². The average Bonchev–Trinajstić information content (AvgIpc) is 2.46. The molecule has 0 fully saturated rings. The molecule has 0 aliphatic rings. The van der Waals surface area contributed by atoms with Gasteiger partial charge >= 0.3 is 5.97 Å². The number of hydrogen-bond acceptors (Lipinski definition) is 5. The van der Waals surface area contributed by atoms with Crippen molar-refractivity contribution in [1.29, 1.82) is 0 Å². The Kier molecular flexibility index (Phi) is 3.90. The first-order valence-electron chi connectivity index (χ1n) is 5.72. The van der Waals surface area contributed by atoms with Gasteiger partial charge in [0.1, 0.15) is 12.0 Å². The molecule has 1 unspecified atom stereocenters. The van der Waals surface area contributed by atoms with Crippen molar-refractivity contribution in [3.05, 3.63) is 64.3 Å². The van der Waals surface area contributed by atoms with Crippen LogP contribution in [-0.2, 0) is 4.79 Å². The van der Waals surface area contributed by atoms with Crippen molar-refractivity contribution in [3.63, 3.8) is 0 Å². The smallest absolute Gasteiger partial charge is 0.330 e. The molecular formula is C13H11N3O4. The van der Waals surface area contributed by atoms with Crippen LogP contribution in [-0.4, -0.2) is 21.0 Å². The van der Waals surface area contributed by atoms with E-state index in [2.05, 4.69) is 10.3 Å². The topological polar surface area (TPSA) is 105 Å². The van der Waals surface area contributed by atoms with E-state index >= 15 is 0 Å². The largest absolute Gasteiger partial charge is 0.479 e. The summed E-state index contributed by atoms with van der Waals surface area (Å²) in [4.78, 5) is 25.1. The summed E-state index contributed by atoms with van der Waals surface area (Å²) in [5.41, 5.74) is 0.419. The van der Waals surface area contributed by atoms with Crippen LogP contribution in [0.4, 0.5) is 11.5 Å². The lowest BCUT2D eigenvalue weighted by Crippen LogP contribution is -2.20. The van der Waals surface area contributed by atoms with Gasteiger partial charge in [0.05, 0.1) is 4.92 Å². The third-order valence-electron chi connectivity index (χ3n) is 2.63. The van der Waals surface area contributed by atoms with Crippen molar-refractivity contribution in [2.45, 2.75) is 6.04 Å². The van der Waals surface area contributed by atoms with E-state index in [0.717, 1.165) is 6.20 Å². The molecule has 0 saturated heterocycles. The van der Waals surface area contributed by atoms with Gasteiger partial charge in [-0.05, 0) is 11.6 Å². The predicted octanol–water partition coefficient (Wildman–Crippen LogP) is 2.23. The maximum Gasteiger partial charge on any atom is 0.330 e. The standard InChI is InChI=1S/C13H11N3O4/c17-13(18)12(9-4-2-1-3-5-9)15-11-7-6-10(8-14-11)16(19)20/h1-8,12H,(H,14,15)(H,17,18). The van der Waals surface area contributed by atoms with E-state index in [-0.39, 0.29) is 11.5 Å². The molecular weight excluding hydrogens is 262 g/mol. The van der Waals surface area contributed by atoms with Gasteiger partial charge in [-0.3, -0.25) is 10.1 Å². The maximum atomic E-state index is 11.3. The second-order valence-electron chi connectivity index (χ2n) is 3.99. The van der Waals surface area contributed by atoms with Gasteiger partial charge in [-0.2, -0.15) is 0 Å². The van der Waals surface area contributed by atoms with Crippen molar-refractivity contribution in [1.82, 2.24) is 4.98 Å². The number of anilines is 1. The van der Waals surface area contributed by atoms with Crippen molar-refractivity contribution >= 4 is 17.5 Å². The van der Waals surface area contributed by atoms with Crippen LogP contribution in [0.15, 0.2) is 48.7 Å². The summed E-state index contributed by atoms with van der Waals surface area (Å²) in [6.07, 6.45) is 1.08. The molecule has 0 aliphatic heterocycles. The van der Waals surface area contributed by atoms with Crippen molar-refractivity contribution in [3.8, 4) is 0 Å². The van der Waals surface area contributed by atoms with E-state index in [0.29, 0.717) is 5.56 Å². The fraction of sp³-hybridized carbons (Fsp3) is 0.0769. The van der Waals surface area contributed by atoms with Gasteiger partial charge in [-0.1, -0.05) is 30.3 Å². The molecule has 0 radical (unpaired) electrons. The van der Waals surface area contributed by atoms with Crippen LogP contribution in [0.2, 0.25) is 0 Å². The zero-order valence-corrected chi connectivity index (χ0v) is 10.3. The normalized spacial score (nSPS) is 11.6. The molecule has 0 bridgehead atoms. The first-order chi connectivity index (χ1) is 9.58. The third kappa shape index (κ3) is 3.08. The molecule has 2 N–H and O–H groups in total. The second-order valence-corrected chi connectivity index (χ2v) is 3.99. The molecule has 7 heteroatoms. The minimum Gasteiger partial charge on any atom is -0.479 e. The quantitative estimate of drug-likeness (QED) is 0.639. The average molecular weight is 273 g/mol. The molecule has 2 rings (SSSR count). The van der Waals surface area contributed by atoms with Crippen molar-refractivity contribution in [2.24, 2.45) is 0 Å². The predicted molar refractivity (Wildman–Crippen MR) is 71.3 cm³/mol. The number of aromatic nitrogens is 1. The van der Waals surface area contributed by atoms with Gasteiger partial charge in [-0.15, -0.1) is 0 Å². The highest BCUT2D eigenvalue weighted by molar-refractivity contribution is 5.78. The summed E-state index contributed by atoms with van der Waals surface area (Å²) in [6, 6.07) is 10.3. The van der Waals surface area contributed by atoms with E-state index in [1.54, 1.807) is 30.3 Å². The minimum absolute atomic E-state index is 0.151. The van der Waals surface area contributed by atoms with Crippen LogP contribution in [0, 0.1) is 10.1 Å². The van der Waals surface area contributed by atoms with Crippen LogP contribution in [0.1, 0.15) is 11.6 Å². The Balaban J connectivity index is 2.21. The van der Waals surface area contributed by atoms with Crippen LogP contribution in [0.5, 0.6) is 0 Å². The van der Waals surface area contributed by atoms with Crippen LogP contribution in [0.25, 0.3) is 0 Å². The number of carboxylic acid groups (broad SMARTS) is 1. The van der Waals surface area contributed by atoms with E-state index in [4.69, 9.17) is 0 Å².